The SMILES string of the molecule is [B]c1c([B])c(C([B])N([B])C(=O)C(F)(F)c2ccc(Cl)cc2)c([B])c2c1C(=O)N(C1CCC(=O)NC1=O)C2([B])[B]. The number of hydrogen-bond donors (Lipinski definition) is 1. The first-order chi connectivity index (χ1) is 18.0. The van der Waals surface area contributed by atoms with E-state index in [2.05, 4.69) is 5.32 Å². The zero-order valence-corrected chi connectivity index (χ0v) is 20.8. The monoisotopic (exact) mass is 531 g/mol. The maximum atomic E-state index is 15.0. The van der Waals surface area contributed by atoms with Crippen LogP contribution in [0, 0.1) is 0 Å². The molecule has 1 saturated heterocycles. The first-order valence-corrected chi connectivity index (χ1v) is 11.6. The molecule has 1 fully saturated rings. The van der Waals surface area contributed by atoms with Crippen LogP contribution in [-0.2, 0) is 25.6 Å². The molecule has 17 heteroatoms. The molecule has 0 saturated carbocycles. The van der Waals surface area contributed by atoms with E-state index in [1.54, 1.807) is 0 Å². The second-order valence-corrected chi connectivity index (χ2v) is 9.55. The van der Waals surface area contributed by atoms with Crippen molar-refractivity contribution < 1.29 is 28.0 Å². The number of carbonyl (C=O) groups excluding carboxylic acids is 4. The van der Waals surface area contributed by atoms with E-state index in [0.717, 1.165) is 29.2 Å². The third kappa shape index (κ3) is 4.54. The van der Waals surface area contributed by atoms with Crippen molar-refractivity contribution in [2.45, 2.75) is 36.1 Å². The first kappa shape index (κ1) is 29.1. The van der Waals surface area contributed by atoms with E-state index >= 15 is 0 Å². The highest BCUT2D eigenvalue weighted by Gasteiger charge is 2.50. The summed E-state index contributed by atoms with van der Waals surface area (Å²) in [5.74, 6) is -10.3. The minimum Gasteiger partial charge on any atom is -0.393 e. The lowest BCUT2D eigenvalue weighted by atomic mass is 9.52. The molecule has 2 atom stereocenters. The van der Waals surface area contributed by atoms with E-state index in [-0.39, 0.29) is 33.8 Å². The second-order valence-electron chi connectivity index (χ2n) is 9.11. The number of hydrogen-bond acceptors (Lipinski definition) is 4. The number of rotatable bonds is 5. The highest BCUT2D eigenvalue weighted by atomic mass is 35.5. The van der Waals surface area contributed by atoms with E-state index in [0.29, 0.717) is 0 Å². The Morgan fingerprint density at radius 1 is 1.10 bits per heavy atom. The highest BCUT2D eigenvalue weighted by Crippen LogP contribution is 2.37. The average Bonchev–Trinajstić information content (AvgIpc) is 3.07. The van der Waals surface area contributed by atoms with Gasteiger partial charge in [0.2, 0.25) is 19.8 Å². The molecule has 2 unspecified atom stereocenters. The Balaban J connectivity index is 1.76. The van der Waals surface area contributed by atoms with Crippen molar-refractivity contribution in [2.24, 2.45) is 0 Å². The molecule has 2 heterocycles. The molecule has 39 heavy (non-hydrogen) atoms. The zero-order chi connectivity index (χ0) is 29.2. The fraction of sp³-hybridized carbons (Fsp3) is 0.273. The third-order valence-electron chi connectivity index (χ3n) is 6.72. The van der Waals surface area contributed by atoms with Crippen LogP contribution in [0.15, 0.2) is 24.3 Å². The van der Waals surface area contributed by atoms with Gasteiger partial charge >= 0.3 is 5.92 Å². The van der Waals surface area contributed by atoms with Crippen LogP contribution in [0.3, 0.4) is 0 Å². The van der Waals surface area contributed by atoms with E-state index in [1.807, 2.05) is 0 Å². The Hall–Kier alpha value is -2.88. The number of benzene rings is 2. The summed E-state index contributed by atoms with van der Waals surface area (Å²) < 4.78 is 30.0. The second kappa shape index (κ2) is 9.95. The van der Waals surface area contributed by atoms with Gasteiger partial charge in [-0.3, -0.25) is 24.5 Å². The molecule has 0 bridgehead atoms. The summed E-state index contributed by atoms with van der Waals surface area (Å²) in [7, 11) is 42.9. The molecule has 4 rings (SSSR count). The van der Waals surface area contributed by atoms with Crippen molar-refractivity contribution in [3.8, 4) is 0 Å². The summed E-state index contributed by atoms with van der Waals surface area (Å²) >= 11 is 5.73. The molecule has 2 aliphatic rings. The molecular formula is C22H11B7ClF2N3O4. The number of alkyl halides is 2. The summed E-state index contributed by atoms with van der Waals surface area (Å²) in [5, 5.41) is -0.0375. The molecule has 2 aliphatic heterocycles. The molecular weight excluding hydrogens is 519 g/mol. The van der Waals surface area contributed by atoms with E-state index in [9.17, 15) is 28.0 Å². The lowest BCUT2D eigenvalue weighted by molar-refractivity contribution is -0.154. The van der Waals surface area contributed by atoms with Gasteiger partial charge in [0.1, 0.15) is 37.4 Å². The van der Waals surface area contributed by atoms with Crippen molar-refractivity contribution in [2.75, 3.05) is 0 Å². The number of carbonyl (C=O) groups is 4. The summed E-state index contributed by atoms with van der Waals surface area (Å²) in [5.41, 5.74) is -3.15. The van der Waals surface area contributed by atoms with Gasteiger partial charge in [0.15, 0.2) is 0 Å². The van der Waals surface area contributed by atoms with E-state index in [4.69, 9.17) is 66.7 Å². The molecule has 0 spiro atoms. The minimum absolute atomic E-state index is 0.00590. The molecule has 0 aliphatic carbocycles. The van der Waals surface area contributed by atoms with Crippen LogP contribution < -0.4 is 21.7 Å². The molecule has 0 aromatic heterocycles. The molecule has 2 aromatic rings. The van der Waals surface area contributed by atoms with Gasteiger partial charge in [-0.05, 0) is 29.5 Å². The first-order valence-electron chi connectivity index (χ1n) is 11.3. The fourth-order valence-corrected chi connectivity index (χ4v) is 4.86. The molecule has 4 amide bonds. The lowest BCUT2D eigenvalue weighted by Gasteiger charge is -2.41. The van der Waals surface area contributed by atoms with Gasteiger partial charge in [-0.25, -0.2) is 0 Å². The molecule has 1 N–H and O–H groups in total. The van der Waals surface area contributed by atoms with Crippen molar-refractivity contribution in [3.63, 3.8) is 0 Å². The van der Waals surface area contributed by atoms with Gasteiger partial charge in [-0.2, -0.15) is 8.78 Å². The predicted molar refractivity (Wildman–Crippen MR) is 145 cm³/mol. The standard InChI is InChI=1S/C22H11B7ClF2N3O4/c23-14-12(17(26)35(29)20(39)21(31,32)7-1-3-8(30)4-2-7)16(25)15(24)11-13(14)22(27,28)34(19(11)38)9-5-6-10(36)33-18(9)37/h1-4,9,17H,5-6H2,(H,33,36,37). The number of amides is 4. The van der Waals surface area contributed by atoms with Crippen LogP contribution in [0.1, 0.15) is 45.8 Å². The van der Waals surface area contributed by atoms with Crippen molar-refractivity contribution in [1.82, 2.24) is 15.0 Å². The van der Waals surface area contributed by atoms with Crippen molar-refractivity contribution in [1.29, 1.82) is 0 Å². The van der Waals surface area contributed by atoms with E-state index in [1.165, 1.54) is 0 Å². The Morgan fingerprint density at radius 3 is 2.26 bits per heavy atom. The van der Waals surface area contributed by atoms with Crippen molar-refractivity contribution in [3.05, 3.63) is 51.5 Å². The highest BCUT2D eigenvalue weighted by molar-refractivity contribution is 6.57. The van der Waals surface area contributed by atoms with Crippen LogP contribution in [0.5, 0.6) is 0 Å². The number of piperidine rings is 1. The minimum atomic E-state index is -4.15. The van der Waals surface area contributed by atoms with Gasteiger partial charge in [-0.1, -0.05) is 45.7 Å². The topological polar surface area (TPSA) is 86.8 Å². The Bertz CT molecular complexity index is 1430. The van der Waals surface area contributed by atoms with E-state index < -0.39 is 74.4 Å². The summed E-state index contributed by atoms with van der Waals surface area (Å²) in [6, 6.07) is 2.90. The number of nitrogens with zero attached hydrogens (tertiary/aromatic N) is 2. The van der Waals surface area contributed by atoms with Crippen LogP contribution >= 0.6 is 11.6 Å². The van der Waals surface area contributed by atoms with Crippen LogP contribution in [0.25, 0.3) is 0 Å². The summed E-state index contributed by atoms with van der Waals surface area (Å²) in [6.45, 7) is 0. The van der Waals surface area contributed by atoms with Gasteiger partial charge in [0.05, 0.1) is 15.7 Å². The van der Waals surface area contributed by atoms with Gasteiger partial charge in [-0.15, -0.1) is 0 Å². The molecule has 2 aromatic carbocycles. The largest absolute Gasteiger partial charge is 0.393 e. The zero-order valence-electron chi connectivity index (χ0n) is 20.1. The number of nitrogens with one attached hydrogen (secondary N) is 1. The third-order valence-corrected chi connectivity index (χ3v) is 6.97. The predicted octanol–water partition coefficient (Wildman–Crippen LogP) is -2.70. The maximum absolute atomic E-state index is 15.0. The molecule has 180 valence electrons. The van der Waals surface area contributed by atoms with Crippen LogP contribution in [-0.4, -0.2) is 94.4 Å². The Kier molecular flexibility index (Phi) is 7.43. The maximum Gasteiger partial charge on any atom is 0.348 e. The van der Waals surface area contributed by atoms with Gasteiger partial charge < -0.3 is 9.71 Å². The Labute approximate surface area is 237 Å². The van der Waals surface area contributed by atoms with Crippen molar-refractivity contribution >= 4 is 107 Å². The number of imide groups is 1. The van der Waals surface area contributed by atoms with Gasteiger partial charge in [0, 0.05) is 28.5 Å². The molecule has 7 nitrogen and oxygen atoms in total. The summed E-state index contributed by atoms with van der Waals surface area (Å²) in [4.78, 5) is 51.0. The summed E-state index contributed by atoms with van der Waals surface area (Å²) in [6.07, 6.45) is -0.213. The fourth-order valence-electron chi connectivity index (χ4n) is 4.73. The lowest BCUT2D eigenvalue weighted by Crippen LogP contribution is -2.59. The number of halogens is 3. The van der Waals surface area contributed by atoms with Crippen LogP contribution in [0.4, 0.5) is 8.78 Å². The number of fused-ring (bicyclic) bond motifs is 1. The normalized spacial score (nSPS) is 19.4. The van der Waals surface area contributed by atoms with Crippen LogP contribution in [0.2, 0.25) is 5.02 Å². The average molecular weight is 530 g/mol. The quantitative estimate of drug-likeness (QED) is 0.337. The van der Waals surface area contributed by atoms with Gasteiger partial charge in [0.25, 0.3) is 11.8 Å². The molecule has 14 radical (unpaired) electrons. The Morgan fingerprint density at radius 2 is 1.69 bits per heavy atom. The smallest absolute Gasteiger partial charge is 0.348 e.